The Morgan fingerprint density at radius 3 is 2.16 bits per heavy atom. The Hall–Kier alpha value is -1.26. The van der Waals surface area contributed by atoms with Gasteiger partial charge >= 0.3 is 8.56 Å². The average Bonchev–Trinajstić information content (AvgIpc) is 2.52. The highest BCUT2D eigenvalue weighted by molar-refractivity contribution is 7.89. The number of sulfonamides is 1. The van der Waals surface area contributed by atoms with Crippen LogP contribution in [0.5, 0.6) is 0 Å². The zero-order chi connectivity index (χ0) is 18.9. The fraction of sp³-hybridized carbons (Fsp3) is 0.562. The molecule has 0 aliphatic rings. The molecule has 0 aromatic heterocycles. The van der Waals surface area contributed by atoms with E-state index in [9.17, 15) is 13.2 Å². The molecule has 25 heavy (non-hydrogen) atoms. The first-order valence-electron chi connectivity index (χ1n) is 8.37. The lowest BCUT2D eigenvalue weighted by Crippen LogP contribution is -2.39. The van der Waals surface area contributed by atoms with Crippen molar-refractivity contribution in [3.05, 3.63) is 24.3 Å². The van der Waals surface area contributed by atoms with Crippen LogP contribution in [0.4, 0.5) is 5.69 Å². The highest BCUT2D eigenvalue weighted by Crippen LogP contribution is 2.17. The number of benzene rings is 1. The summed E-state index contributed by atoms with van der Waals surface area (Å²) in [7, 11) is -5.80. The van der Waals surface area contributed by atoms with Gasteiger partial charge in [0, 0.05) is 32.4 Å². The number of nitrogens with one attached hydrogen (secondary N) is 2. The van der Waals surface area contributed by atoms with Gasteiger partial charge in [0.15, 0.2) is 0 Å². The molecule has 2 N–H and O–H groups in total. The van der Waals surface area contributed by atoms with Crippen LogP contribution in [-0.4, -0.2) is 42.6 Å². The van der Waals surface area contributed by atoms with Crippen LogP contribution in [0, 0.1) is 0 Å². The van der Waals surface area contributed by atoms with Crippen molar-refractivity contribution in [2.24, 2.45) is 0 Å². The maximum Gasteiger partial charge on any atom is 0.334 e. The summed E-state index contributed by atoms with van der Waals surface area (Å²) in [6, 6.07) is 6.77. The molecule has 0 atom stereocenters. The van der Waals surface area contributed by atoms with E-state index in [2.05, 4.69) is 10.0 Å². The molecule has 0 saturated heterocycles. The van der Waals surface area contributed by atoms with E-state index in [1.807, 2.05) is 20.4 Å². The fourth-order valence-corrected chi connectivity index (χ4v) is 5.90. The summed E-state index contributed by atoms with van der Waals surface area (Å²) in [6.45, 7) is 8.75. The quantitative estimate of drug-likeness (QED) is 0.449. The fourth-order valence-electron chi connectivity index (χ4n) is 2.42. The van der Waals surface area contributed by atoms with Gasteiger partial charge in [-0.25, -0.2) is 13.1 Å². The van der Waals surface area contributed by atoms with Crippen molar-refractivity contribution in [3.8, 4) is 0 Å². The molecule has 1 aromatic rings. The van der Waals surface area contributed by atoms with Crippen molar-refractivity contribution in [2.75, 3.05) is 25.1 Å². The monoisotopic (exact) mass is 388 g/mol. The van der Waals surface area contributed by atoms with Crippen molar-refractivity contribution in [2.45, 2.75) is 44.7 Å². The van der Waals surface area contributed by atoms with Crippen LogP contribution in [0.3, 0.4) is 0 Å². The van der Waals surface area contributed by atoms with Crippen LogP contribution in [0.25, 0.3) is 0 Å². The van der Waals surface area contributed by atoms with Crippen molar-refractivity contribution < 1.29 is 22.1 Å². The number of rotatable bonds is 11. The SMILES string of the molecule is CCO[Si](C)(CCCNS(=O)(=O)c1ccc(NC(C)=O)cc1)OCC. The smallest absolute Gasteiger partial charge is 0.334 e. The van der Waals surface area contributed by atoms with E-state index >= 15 is 0 Å². The molecule has 0 aliphatic carbocycles. The molecule has 0 saturated carbocycles. The van der Waals surface area contributed by atoms with Crippen LogP contribution >= 0.6 is 0 Å². The number of carbonyl (C=O) groups is 1. The summed E-state index contributed by atoms with van der Waals surface area (Å²) < 4.78 is 38.6. The minimum atomic E-state index is -3.58. The first-order chi connectivity index (χ1) is 11.7. The minimum Gasteiger partial charge on any atom is -0.395 e. The van der Waals surface area contributed by atoms with Crippen molar-refractivity contribution >= 4 is 30.2 Å². The molecule has 1 aromatic carbocycles. The van der Waals surface area contributed by atoms with Gasteiger partial charge in [-0.05, 0) is 57.1 Å². The summed E-state index contributed by atoms with van der Waals surface area (Å²) in [4.78, 5) is 11.1. The zero-order valence-corrected chi connectivity index (χ0v) is 17.1. The minimum absolute atomic E-state index is 0.163. The highest BCUT2D eigenvalue weighted by Gasteiger charge is 2.30. The first kappa shape index (κ1) is 21.8. The molecule has 0 spiro atoms. The summed E-state index contributed by atoms with van der Waals surface area (Å²) in [5, 5.41) is 2.60. The summed E-state index contributed by atoms with van der Waals surface area (Å²) in [6.07, 6.45) is 0.645. The Morgan fingerprint density at radius 1 is 1.12 bits per heavy atom. The molecular formula is C16H28N2O5SSi. The lowest BCUT2D eigenvalue weighted by Gasteiger charge is -2.25. The Balaban J connectivity index is 2.56. The number of carbonyl (C=O) groups excluding carboxylic acids is 1. The van der Waals surface area contributed by atoms with Gasteiger partial charge in [-0.2, -0.15) is 0 Å². The van der Waals surface area contributed by atoms with Gasteiger partial charge in [-0.1, -0.05) is 0 Å². The van der Waals surface area contributed by atoms with Crippen LogP contribution < -0.4 is 10.0 Å². The molecule has 0 aliphatic heterocycles. The molecule has 1 rings (SSSR count). The van der Waals surface area contributed by atoms with Crippen LogP contribution in [0.15, 0.2) is 29.2 Å². The predicted molar refractivity (Wildman–Crippen MR) is 100 cm³/mol. The molecule has 142 valence electrons. The van der Waals surface area contributed by atoms with Gasteiger partial charge in [0.25, 0.3) is 0 Å². The number of hydrogen-bond donors (Lipinski definition) is 2. The Labute approximate surface area is 151 Å². The number of hydrogen-bond acceptors (Lipinski definition) is 5. The van der Waals surface area contributed by atoms with Crippen LogP contribution in [0.2, 0.25) is 12.6 Å². The Bertz CT molecular complexity index is 643. The van der Waals surface area contributed by atoms with Gasteiger partial charge in [0.1, 0.15) is 0 Å². The Kier molecular flexibility index (Phi) is 8.73. The standard InChI is InChI=1S/C16H28N2O5SSi/c1-5-22-25(4,23-6-2)13-7-12-17-24(20,21)16-10-8-15(9-11-16)18-14(3)19/h8-11,17H,5-7,12-13H2,1-4H3,(H,18,19). The predicted octanol–water partition coefficient (Wildman–Crippen LogP) is 2.46. The van der Waals surface area contributed by atoms with E-state index in [1.165, 1.54) is 19.1 Å². The highest BCUT2D eigenvalue weighted by atomic mass is 32.2. The van der Waals surface area contributed by atoms with E-state index < -0.39 is 18.6 Å². The third-order valence-corrected chi connectivity index (χ3v) is 8.02. The lowest BCUT2D eigenvalue weighted by molar-refractivity contribution is -0.114. The molecule has 0 unspecified atom stereocenters. The van der Waals surface area contributed by atoms with Crippen molar-refractivity contribution in [1.82, 2.24) is 4.72 Å². The molecule has 7 nitrogen and oxygen atoms in total. The summed E-state index contributed by atoms with van der Waals surface area (Å²) in [5.74, 6) is -0.204. The zero-order valence-electron chi connectivity index (χ0n) is 15.3. The number of amides is 1. The number of anilines is 1. The second kappa shape index (κ2) is 10.0. The largest absolute Gasteiger partial charge is 0.395 e. The van der Waals surface area contributed by atoms with Gasteiger partial charge in [0.05, 0.1) is 4.90 Å². The average molecular weight is 389 g/mol. The molecule has 0 fully saturated rings. The molecule has 0 radical (unpaired) electrons. The molecule has 0 bridgehead atoms. The molecule has 1 amide bonds. The lowest BCUT2D eigenvalue weighted by atomic mass is 10.3. The van der Waals surface area contributed by atoms with E-state index in [0.29, 0.717) is 31.9 Å². The second-order valence-corrected chi connectivity index (χ2v) is 10.8. The molecule has 0 heterocycles. The molecular weight excluding hydrogens is 360 g/mol. The third-order valence-electron chi connectivity index (χ3n) is 3.48. The van der Waals surface area contributed by atoms with Gasteiger partial charge in [-0.15, -0.1) is 0 Å². The summed E-state index contributed by atoms with van der Waals surface area (Å²) in [5.41, 5.74) is 0.557. The maximum atomic E-state index is 12.3. The molecule has 9 heteroatoms. The van der Waals surface area contributed by atoms with Gasteiger partial charge in [-0.3, -0.25) is 4.79 Å². The van der Waals surface area contributed by atoms with Gasteiger partial charge in [0.2, 0.25) is 15.9 Å². The van der Waals surface area contributed by atoms with Crippen molar-refractivity contribution in [3.63, 3.8) is 0 Å². The van der Waals surface area contributed by atoms with E-state index in [-0.39, 0.29) is 10.8 Å². The van der Waals surface area contributed by atoms with Gasteiger partial charge < -0.3 is 14.2 Å². The third kappa shape index (κ3) is 7.66. The van der Waals surface area contributed by atoms with Crippen LogP contribution in [-0.2, 0) is 23.7 Å². The Morgan fingerprint density at radius 2 is 1.68 bits per heavy atom. The first-order valence-corrected chi connectivity index (χ1v) is 12.4. The summed E-state index contributed by atoms with van der Waals surface area (Å²) >= 11 is 0. The van der Waals surface area contributed by atoms with E-state index in [0.717, 1.165) is 6.04 Å². The van der Waals surface area contributed by atoms with E-state index in [1.54, 1.807) is 12.1 Å². The van der Waals surface area contributed by atoms with Crippen LogP contribution in [0.1, 0.15) is 27.2 Å². The van der Waals surface area contributed by atoms with E-state index in [4.69, 9.17) is 8.85 Å². The topological polar surface area (TPSA) is 93.7 Å². The maximum absolute atomic E-state index is 12.3. The normalized spacial score (nSPS) is 12.2. The second-order valence-electron chi connectivity index (χ2n) is 5.71. The van der Waals surface area contributed by atoms with Crippen molar-refractivity contribution in [1.29, 1.82) is 0 Å².